The van der Waals surface area contributed by atoms with E-state index in [9.17, 15) is 0 Å². The lowest BCUT2D eigenvalue weighted by Crippen LogP contribution is -2.36. The summed E-state index contributed by atoms with van der Waals surface area (Å²) in [6.07, 6.45) is 7.54. The van der Waals surface area contributed by atoms with Gasteiger partial charge in [0.05, 0.1) is 0 Å². The molecule has 2 rings (SSSR count). The van der Waals surface area contributed by atoms with Gasteiger partial charge < -0.3 is 5.32 Å². The molecule has 0 saturated carbocycles. The van der Waals surface area contributed by atoms with E-state index in [1.54, 1.807) is 0 Å². The van der Waals surface area contributed by atoms with Gasteiger partial charge in [-0.1, -0.05) is 6.92 Å². The number of pyridine rings is 1. The summed E-state index contributed by atoms with van der Waals surface area (Å²) < 4.78 is 0. The SMILES string of the molecule is CC1(Cc2ccncc2)CCNCC1. The minimum Gasteiger partial charge on any atom is -0.317 e. The Morgan fingerprint density at radius 1 is 1.29 bits per heavy atom. The van der Waals surface area contributed by atoms with E-state index in [2.05, 4.69) is 29.4 Å². The molecule has 0 aromatic carbocycles. The number of nitrogens with zero attached hydrogens (tertiary/aromatic N) is 1. The second-order valence-corrected chi connectivity index (χ2v) is 4.59. The molecule has 0 bridgehead atoms. The number of piperidine rings is 1. The number of aromatic nitrogens is 1. The molecule has 2 nitrogen and oxygen atoms in total. The van der Waals surface area contributed by atoms with Crippen LogP contribution >= 0.6 is 0 Å². The molecule has 2 heterocycles. The molecule has 0 amide bonds. The maximum absolute atomic E-state index is 4.05. The second kappa shape index (κ2) is 4.09. The minimum atomic E-state index is 0.493. The van der Waals surface area contributed by atoms with E-state index in [0.717, 1.165) is 0 Å². The average molecular weight is 190 g/mol. The first kappa shape index (κ1) is 9.66. The van der Waals surface area contributed by atoms with Gasteiger partial charge in [0.1, 0.15) is 0 Å². The van der Waals surface area contributed by atoms with Crippen LogP contribution in [0.25, 0.3) is 0 Å². The van der Waals surface area contributed by atoms with Crippen LogP contribution in [-0.2, 0) is 6.42 Å². The molecule has 14 heavy (non-hydrogen) atoms. The highest BCUT2D eigenvalue weighted by molar-refractivity contribution is 5.12. The van der Waals surface area contributed by atoms with E-state index in [4.69, 9.17) is 0 Å². The Morgan fingerprint density at radius 3 is 2.57 bits per heavy atom. The zero-order chi connectivity index (χ0) is 9.86. The van der Waals surface area contributed by atoms with Crippen molar-refractivity contribution in [3.63, 3.8) is 0 Å². The zero-order valence-corrected chi connectivity index (χ0v) is 8.79. The molecule has 0 aliphatic carbocycles. The molecule has 2 heteroatoms. The Hall–Kier alpha value is -0.890. The summed E-state index contributed by atoms with van der Waals surface area (Å²) in [6, 6.07) is 4.26. The van der Waals surface area contributed by atoms with Crippen LogP contribution in [-0.4, -0.2) is 18.1 Å². The summed E-state index contributed by atoms with van der Waals surface area (Å²) >= 11 is 0. The Bertz CT molecular complexity index is 276. The molecule has 1 N–H and O–H groups in total. The van der Waals surface area contributed by atoms with E-state index in [1.807, 2.05) is 12.4 Å². The first-order valence-electron chi connectivity index (χ1n) is 5.38. The quantitative estimate of drug-likeness (QED) is 0.771. The molecule has 76 valence electrons. The van der Waals surface area contributed by atoms with Gasteiger partial charge in [-0.3, -0.25) is 4.98 Å². The highest BCUT2D eigenvalue weighted by Gasteiger charge is 2.26. The standard InChI is InChI=1S/C12H18N2/c1-12(4-8-14-9-5-12)10-11-2-6-13-7-3-11/h2-3,6-7,14H,4-5,8-10H2,1H3. The van der Waals surface area contributed by atoms with Crippen LogP contribution in [0.3, 0.4) is 0 Å². The Kier molecular flexibility index (Phi) is 2.82. The summed E-state index contributed by atoms with van der Waals surface area (Å²) in [4.78, 5) is 4.05. The average Bonchev–Trinajstić information content (AvgIpc) is 2.19. The van der Waals surface area contributed by atoms with Crippen LogP contribution in [0, 0.1) is 5.41 Å². The predicted octanol–water partition coefficient (Wildman–Crippen LogP) is 2.01. The van der Waals surface area contributed by atoms with Crippen molar-refractivity contribution in [1.82, 2.24) is 10.3 Å². The van der Waals surface area contributed by atoms with Gasteiger partial charge in [0.2, 0.25) is 0 Å². The van der Waals surface area contributed by atoms with Crippen molar-refractivity contribution in [3.8, 4) is 0 Å². The molecular weight excluding hydrogens is 172 g/mol. The third-order valence-electron chi connectivity index (χ3n) is 3.19. The van der Waals surface area contributed by atoms with E-state index < -0.39 is 0 Å². The van der Waals surface area contributed by atoms with Gasteiger partial charge in [-0.25, -0.2) is 0 Å². The molecule has 1 saturated heterocycles. The molecule has 1 aromatic rings. The smallest absolute Gasteiger partial charge is 0.0270 e. The number of rotatable bonds is 2. The fraction of sp³-hybridized carbons (Fsp3) is 0.583. The lowest BCUT2D eigenvalue weighted by molar-refractivity contribution is 0.228. The van der Waals surface area contributed by atoms with Crippen LogP contribution < -0.4 is 5.32 Å². The maximum atomic E-state index is 4.05. The monoisotopic (exact) mass is 190 g/mol. The van der Waals surface area contributed by atoms with Crippen molar-refractivity contribution in [2.45, 2.75) is 26.2 Å². The second-order valence-electron chi connectivity index (χ2n) is 4.59. The van der Waals surface area contributed by atoms with Gasteiger partial charge in [0, 0.05) is 12.4 Å². The zero-order valence-electron chi connectivity index (χ0n) is 8.79. The molecule has 0 unspecified atom stereocenters. The van der Waals surface area contributed by atoms with Crippen molar-refractivity contribution in [2.75, 3.05) is 13.1 Å². The highest BCUT2D eigenvalue weighted by atomic mass is 14.9. The van der Waals surface area contributed by atoms with E-state index in [1.165, 1.54) is 37.9 Å². The largest absolute Gasteiger partial charge is 0.317 e. The topological polar surface area (TPSA) is 24.9 Å². The molecule has 0 atom stereocenters. The first-order chi connectivity index (χ1) is 6.79. The third-order valence-corrected chi connectivity index (χ3v) is 3.19. The molecule has 1 fully saturated rings. The normalized spacial score (nSPS) is 20.6. The van der Waals surface area contributed by atoms with E-state index in [-0.39, 0.29) is 0 Å². The van der Waals surface area contributed by atoms with Gasteiger partial charge >= 0.3 is 0 Å². The van der Waals surface area contributed by atoms with Crippen molar-refractivity contribution in [3.05, 3.63) is 30.1 Å². The van der Waals surface area contributed by atoms with Crippen molar-refractivity contribution in [2.24, 2.45) is 5.41 Å². The Labute approximate surface area is 85.7 Å². The summed E-state index contributed by atoms with van der Waals surface area (Å²) in [5.41, 5.74) is 1.91. The summed E-state index contributed by atoms with van der Waals surface area (Å²) in [5, 5.41) is 3.41. The van der Waals surface area contributed by atoms with Crippen molar-refractivity contribution >= 4 is 0 Å². The van der Waals surface area contributed by atoms with Crippen molar-refractivity contribution in [1.29, 1.82) is 0 Å². The maximum Gasteiger partial charge on any atom is 0.0270 e. The predicted molar refractivity (Wildman–Crippen MR) is 58.2 cm³/mol. The number of hydrogen-bond donors (Lipinski definition) is 1. The Morgan fingerprint density at radius 2 is 1.93 bits per heavy atom. The molecule has 0 spiro atoms. The molecular formula is C12H18N2. The Balaban J connectivity index is 2.02. The van der Waals surface area contributed by atoms with Crippen LogP contribution in [0.1, 0.15) is 25.3 Å². The van der Waals surface area contributed by atoms with Gasteiger partial charge in [-0.2, -0.15) is 0 Å². The first-order valence-corrected chi connectivity index (χ1v) is 5.38. The summed E-state index contributed by atoms with van der Waals surface area (Å²) in [5.74, 6) is 0. The molecule has 1 aliphatic heterocycles. The fourth-order valence-corrected chi connectivity index (χ4v) is 2.20. The van der Waals surface area contributed by atoms with E-state index in [0.29, 0.717) is 5.41 Å². The summed E-state index contributed by atoms with van der Waals surface area (Å²) in [7, 11) is 0. The fourth-order valence-electron chi connectivity index (χ4n) is 2.20. The minimum absolute atomic E-state index is 0.493. The third kappa shape index (κ3) is 2.32. The molecule has 1 aliphatic rings. The van der Waals surface area contributed by atoms with Gasteiger partial charge in [0.15, 0.2) is 0 Å². The van der Waals surface area contributed by atoms with Gasteiger partial charge in [0.25, 0.3) is 0 Å². The van der Waals surface area contributed by atoms with Crippen LogP contribution in [0.15, 0.2) is 24.5 Å². The number of hydrogen-bond acceptors (Lipinski definition) is 2. The van der Waals surface area contributed by atoms with Gasteiger partial charge in [-0.05, 0) is 55.5 Å². The molecule has 0 radical (unpaired) electrons. The van der Waals surface area contributed by atoms with Crippen LogP contribution in [0.4, 0.5) is 0 Å². The lowest BCUT2D eigenvalue weighted by atomic mass is 9.76. The number of nitrogens with one attached hydrogen (secondary N) is 1. The van der Waals surface area contributed by atoms with Crippen molar-refractivity contribution < 1.29 is 0 Å². The molecule has 1 aromatic heterocycles. The van der Waals surface area contributed by atoms with E-state index >= 15 is 0 Å². The summed E-state index contributed by atoms with van der Waals surface area (Å²) in [6.45, 7) is 4.73. The highest BCUT2D eigenvalue weighted by Crippen LogP contribution is 2.31. The lowest BCUT2D eigenvalue weighted by Gasteiger charge is -2.34. The van der Waals surface area contributed by atoms with Crippen LogP contribution in [0.2, 0.25) is 0 Å². The van der Waals surface area contributed by atoms with Gasteiger partial charge in [-0.15, -0.1) is 0 Å². The van der Waals surface area contributed by atoms with Crippen LogP contribution in [0.5, 0.6) is 0 Å².